The SMILES string of the molecule is O=C(NN=Cc1ccc(C=NNC(=O)c2ccc(Cl)cc2Cl)cc1)c1ccc(Cl)cc1Cl. The van der Waals surface area contributed by atoms with Gasteiger partial charge in [-0.2, -0.15) is 10.2 Å². The van der Waals surface area contributed by atoms with E-state index in [0.29, 0.717) is 10.0 Å². The van der Waals surface area contributed by atoms with Crippen molar-refractivity contribution in [3.05, 3.63) is 103 Å². The maximum Gasteiger partial charge on any atom is 0.272 e. The van der Waals surface area contributed by atoms with Crippen LogP contribution in [0.15, 0.2) is 70.9 Å². The van der Waals surface area contributed by atoms with Crippen LogP contribution in [0.4, 0.5) is 0 Å². The summed E-state index contributed by atoms with van der Waals surface area (Å²) in [5, 5.41) is 9.18. The highest BCUT2D eigenvalue weighted by molar-refractivity contribution is 6.37. The van der Waals surface area contributed by atoms with E-state index in [1.807, 2.05) is 0 Å². The summed E-state index contributed by atoms with van der Waals surface area (Å²) in [6.45, 7) is 0. The highest BCUT2D eigenvalue weighted by Gasteiger charge is 2.10. The lowest BCUT2D eigenvalue weighted by Crippen LogP contribution is -2.18. The van der Waals surface area contributed by atoms with E-state index in [9.17, 15) is 9.59 Å². The van der Waals surface area contributed by atoms with Gasteiger partial charge in [-0.1, -0.05) is 70.7 Å². The van der Waals surface area contributed by atoms with E-state index < -0.39 is 11.8 Å². The lowest BCUT2D eigenvalue weighted by Gasteiger charge is -2.03. The molecule has 162 valence electrons. The van der Waals surface area contributed by atoms with E-state index in [0.717, 1.165) is 11.1 Å². The van der Waals surface area contributed by atoms with Crippen LogP contribution in [0.25, 0.3) is 0 Å². The topological polar surface area (TPSA) is 82.9 Å². The lowest BCUT2D eigenvalue weighted by atomic mass is 10.2. The summed E-state index contributed by atoms with van der Waals surface area (Å²) in [6.07, 6.45) is 2.96. The Morgan fingerprint density at radius 3 is 1.34 bits per heavy atom. The first-order valence-corrected chi connectivity index (χ1v) is 10.5. The molecule has 0 heterocycles. The monoisotopic (exact) mass is 506 g/mol. The maximum atomic E-state index is 12.1. The summed E-state index contributed by atoms with van der Waals surface area (Å²) in [6, 6.07) is 16.2. The Bertz CT molecular complexity index is 1120. The molecule has 0 aliphatic carbocycles. The van der Waals surface area contributed by atoms with Crippen molar-refractivity contribution in [3.8, 4) is 0 Å². The highest BCUT2D eigenvalue weighted by Crippen LogP contribution is 2.21. The van der Waals surface area contributed by atoms with Gasteiger partial charge in [0, 0.05) is 10.0 Å². The van der Waals surface area contributed by atoms with Crippen LogP contribution in [0.1, 0.15) is 31.8 Å². The molecule has 0 unspecified atom stereocenters. The zero-order valence-electron chi connectivity index (χ0n) is 16.2. The molecular formula is C22H14Cl4N4O2. The minimum absolute atomic E-state index is 0.235. The summed E-state index contributed by atoms with van der Waals surface area (Å²) in [4.78, 5) is 24.2. The average molecular weight is 508 g/mol. The van der Waals surface area contributed by atoms with Crippen molar-refractivity contribution in [2.24, 2.45) is 10.2 Å². The van der Waals surface area contributed by atoms with Crippen LogP contribution < -0.4 is 10.9 Å². The molecule has 2 amide bonds. The zero-order valence-corrected chi connectivity index (χ0v) is 19.2. The van der Waals surface area contributed by atoms with Crippen molar-refractivity contribution in [2.45, 2.75) is 0 Å². The Morgan fingerprint density at radius 1 is 0.625 bits per heavy atom. The van der Waals surface area contributed by atoms with Crippen LogP contribution in [0, 0.1) is 0 Å². The van der Waals surface area contributed by atoms with Gasteiger partial charge in [-0.3, -0.25) is 9.59 Å². The van der Waals surface area contributed by atoms with E-state index in [4.69, 9.17) is 46.4 Å². The third kappa shape index (κ3) is 6.55. The second-order valence-corrected chi connectivity index (χ2v) is 8.00. The van der Waals surface area contributed by atoms with Crippen molar-refractivity contribution in [1.29, 1.82) is 0 Å². The van der Waals surface area contributed by atoms with Crippen LogP contribution in [-0.4, -0.2) is 24.2 Å². The average Bonchev–Trinajstić information content (AvgIpc) is 2.74. The fraction of sp³-hybridized carbons (Fsp3) is 0. The summed E-state index contributed by atoms with van der Waals surface area (Å²) in [5.74, 6) is -0.911. The zero-order chi connectivity index (χ0) is 23.1. The molecule has 0 radical (unpaired) electrons. The molecule has 32 heavy (non-hydrogen) atoms. The van der Waals surface area contributed by atoms with Crippen LogP contribution >= 0.6 is 46.4 Å². The van der Waals surface area contributed by atoms with E-state index in [-0.39, 0.29) is 21.2 Å². The van der Waals surface area contributed by atoms with E-state index in [1.165, 1.54) is 36.7 Å². The molecule has 0 saturated heterocycles. The summed E-state index contributed by atoms with van der Waals surface area (Å²) in [5.41, 5.74) is 6.81. The molecular weight excluding hydrogens is 494 g/mol. The number of benzene rings is 3. The first-order chi connectivity index (χ1) is 15.3. The number of rotatable bonds is 6. The molecule has 3 aromatic carbocycles. The van der Waals surface area contributed by atoms with Crippen molar-refractivity contribution >= 4 is 70.6 Å². The Hall–Kier alpha value is -2.90. The molecule has 2 N–H and O–H groups in total. The fourth-order valence-electron chi connectivity index (χ4n) is 2.47. The second-order valence-electron chi connectivity index (χ2n) is 6.31. The standard InChI is InChI=1S/C22H14Cl4N4O2/c23-15-5-7-17(19(25)9-15)21(31)29-27-11-13-1-2-14(4-3-13)12-28-30-22(32)18-8-6-16(24)10-20(18)26/h1-12H,(H,29,31)(H,30,32). The third-order valence-electron chi connectivity index (χ3n) is 4.05. The number of hydrogen-bond acceptors (Lipinski definition) is 4. The molecule has 0 aliphatic rings. The van der Waals surface area contributed by atoms with Crippen LogP contribution in [-0.2, 0) is 0 Å². The highest BCUT2D eigenvalue weighted by atomic mass is 35.5. The number of hydrogen-bond donors (Lipinski definition) is 2. The van der Waals surface area contributed by atoms with Gasteiger partial charge >= 0.3 is 0 Å². The van der Waals surface area contributed by atoms with Crippen LogP contribution in [0.5, 0.6) is 0 Å². The number of nitrogens with zero attached hydrogens (tertiary/aromatic N) is 2. The largest absolute Gasteiger partial charge is 0.272 e. The summed E-state index contributed by atoms with van der Waals surface area (Å²) < 4.78 is 0. The number of nitrogens with one attached hydrogen (secondary N) is 2. The molecule has 0 bridgehead atoms. The van der Waals surface area contributed by atoms with E-state index >= 15 is 0 Å². The Morgan fingerprint density at radius 2 is 1.00 bits per heavy atom. The molecule has 3 aromatic rings. The molecule has 0 aromatic heterocycles. The molecule has 6 nitrogen and oxygen atoms in total. The minimum Gasteiger partial charge on any atom is -0.267 e. The Labute approximate surface area is 203 Å². The summed E-state index contributed by atoms with van der Waals surface area (Å²) >= 11 is 23.6. The van der Waals surface area contributed by atoms with Gasteiger partial charge in [0.1, 0.15) is 0 Å². The molecule has 0 spiro atoms. The normalized spacial score (nSPS) is 11.1. The van der Waals surface area contributed by atoms with Crippen LogP contribution in [0.2, 0.25) is 20.1 Å². The van der Waals surface area contributed by atoms with Gasteiger partial charge in [-0.25, -0.2) is 10.9 Å². The minimum atomic E-state index is -0.455. The van der Waals surface area contributed by atoms with Gasteiger partial charge in [0.05, 0.1) is 33.6 Å². The predicted octanol–water partition coefficient (Wildman–Crippen LogP) is 5.83. The first kappa shape index (κ1) is 23.8. The van der Waals surface area contributed by atoms with Gasteiger partial charge in [-0.05, 0) is 47.5 Å². The van der Waals surface area contributed by atoms with E-state index in [1.54, 1.807) is 36.4 Å². The van der Waals surface area contributed by atoms with Crippen molar-refractivity contribution in [2.75, 3.05) is 0 Å². The molecule has 0 fully saturated rings. The Balaban J connectivity index is 1.54. The van der Waals surface area contributed by atoms with Gasteiger partial charge in [-0.15, -0.1) is 0 Å². The predicted molar refractivity (Wildman–Crippen MR) is 129 cm³/mol. The van der Waals surface area contributed by atoms with Gasteiger partial charge < -0.3 is 0 Å². The first-order valence-electron chi connectivity index (χ1n) is 9.00. The third-order valence-corrected chi connectivity index (χ3v) is 5.14. The quantitative estimate of drug-likeness (QED) is 0.325. The van der Waals surface area contributed by atoms with Crippen molar-refractivity contribution in [1.82, 2.24) is 10.9 Å². The maximum absolute atomic E-state index is 12.1. The molecule has 3 rings (SSSR count). The molecule has 10 heteroatoms. The number of carbonyl (C=O) groups excluding carboxylic acids is 2. The Kier molecular flexibility index (Phi) is 8.25. The van der Waals surface area contributed by atoms with Crippen molar-refractivity contribution < 1.29 is 9.59 Å². The van der Waals surface area contributed by atoms with Crippen molar-refractivity contribution in [3.63, 3.8) is 0 Å². The van der Waals surface area contributed by atoms with Gasteiger partial charge in [0.2, 0.25) is 0 Å². The van der Waals surface area contributed by atoms with Gasteiger partial charge in [0.25, 0.3) is 11.8 Å². The molecule has 0 atom stereocenters. The van der Waals surface area contributed by atoms with Gasteiger partial charge in [0.15, 0.2) is 0 Å². The second kappa shape index (κ2) is 11.1. The smallest absolute Gasteiger partial charge is 0.267 e. The number of hydrazone groups is 2. The molecule has 0 saturated carbocycles. The van der Waals surface area contributed by atoms with E-state index in [2.05, 4.69) is 21.1 Å². The van der Waals surface area contributed by atoms with Crippen LogP contribution in [0.3, 0.4) is 0 Å². The number of halogens is 4. The molecule has 0 aliphatic heterocycles. The number of amides is 2. The summed E-state index contributed by atoms with van der Waals surface area (Å²) in [7, 11) is 0. The number of carbonyl (C=O) groups is 2. The lowest BCUT2D eigenvalue weighted by molar-refractivity contribution is 0.0947. The fourth-order valence-corrected chi connectivity index (χ4v) is 3.46.